The van der Waals surface area contributed by atoms with Crippen molar-refractivity contribution in [3.8, 4) is 0 Å². The maximum Gasteiger partial charge on any atom is 0.297 e. The molecular formula is C15H22O5S. The number of aryl methyl sites for hydroxylation is 1. The molecule has 6 heteroatoms. The van der Waals surface area contributed by atoms with Crippen molar-refractivity contribution in [2.24, 2.45) is 0 Å². The van der Waals surface area contributed by atoms with Gasteiger partial charge in [-0.15, -0.1) is 0 Å². The number of rotatable bonds is 5. The van der Waals surface area contributed by atoms with E-state index < -0.39 is 15.9 Å². The Bertz CT molecular complexity index is 577. The fourth-order valence-electron chi connectivity index (χ4n) is 2.33. The van der Waals surface area contributed by atoms with Gasteiger partial charge in [-0.3, -0.25) is 4.18 Å². The molecule has 0 aromatic heterocycles. The van der Waals surface area contributed by atoms with Gasteiger partial charge in [0.25, 0.3) is 10.1 Å². The van der Waals surface area contributed by atoms with E-state index in [4.69, 9.17) is 13.7 Å². The van der Waals surface area contributed by atoms with E-state index in [0.717, 1.165) is 12.0 Å². The van der Waals surface area contributed by atoms with Crippen LogP contribution in [0.2, 0.25) is 0 Å². The Labute approximate surface area is 126 Å². The molecule has 0 radical (unpaired) electrons. The van der Waals surface area contributed by atoms with Gasteiger partial charge >= 0.3 is 0 Å². The third-order valence-corrected chi connectivity index (χ3v) is 4.68. The van der Waals surface area contributed by atoms with Crippen molar-refractivity contribution in [1.82, 2.24) is 0 Å². The number of ether oxygens (including phenoxy) is 2. The molecule has 1 aliphatic heterocycles. The van der Waals surface area contributed by atoms with Gasteiger partial charge in [-0.2, -0.15) is 8.42 Å². The van der Waals surface area contributed by atoms with E-state index in [1.165, 1.54) is 12.1 Å². The molecule has 2 rings (SSSR count). The van der Waals surface area contributed by atoms with E-state index >= 15 is 0 Å². The lowest BCUT2D eigenvalue weighted by Gasteiger charge is -2.16. The fourth-order valence-corrected chi connectivity index (χ4v) is 3.24. The van der Waals surface area contributed by atoms with Crippen LogP contribution in [0.1, 0.15) is 32.8 Å². The second kappa shape index (κ2) is 6.04. The van der Waals surface area contributed by atoms with E-state index in [1.807, 2.05) is 27.7 Å². The van der Waals surface area contributed by atoms with E-state index in [2.05, 4.69) is 0 Å². The number of hydrogen-bond donors (Lipinski definition) is 0. The highest BCUT2D eigenvalue weighted by atomic mass is 32.2. The first-order chi connectivity index (χ1) is 9.73. The van der Waals surface area contributed by atoms with Crippen molar-refractivity contribution in [1.29, 1.82) is 0 Å². The molecule has 0 N–H and O–H groups in total. The molecular weight excluding hydrogens is 292 g/mol. The van der Waals surface area contributed by atoms with Gasteiger partial charge in [0.1, 0.15) is 6.10 Å². The zero-order valence-electron chi connectivity index (χ0n) is 12.8. The molecule has 0 amide bonds. The first kappa shape index (κ1) is 16.4. The van der Waals surface area contributed by atoms with Crippen LogP contribution in [-0.4, -0.2) is 33.0 Å². The Morgan fingerprint density at radius 1 is 1.14 bits per heavy atom. The molecule has 0 spiro atoms. The minimum atomic E-state index is -3.77. The molecule has 21 heavy (non-hydrogen) atoms. The van der Waals surface area contributed by atoms with E-state index in [-0.39, 0.29) is 23.7 Å². The maximum absolute atomic E-state index is 12.1. The molecule has 0 aliphatic carbocycles. The van der Waals surface area contributed by atoms with Crippen LogP contribution >= 0.6 is 0 Å². The lowest BCUT2D eigenvalue weighted by atomic mass is 10.2. The average molecular weight is 314 g/mol. The summed E-state index contributed by atoms with van der Waals surface area (Å²) in [5, 5.41) is 0. The predicted molar refractivity (Wildman–Crippen MR) is 78.4 cm³/mol. The van der Waals surface area contributed by atoms with Crippen LogP contribution in [0.3, 0.4) is 0 Å². The van der Waals surface area contributed by atoms with Gasteiger partial charge in [0, 0.05) is 0 Å². The summed E-state index contributed by atoms with van der Waals surface area (Å²) in [6, 6.07) is 6.56. The molecule has 0 bridgehead atoms. The minimum Gasteiger partial charge on any atom is -0.344 e. The Balaban J connectivity index is 2.03. The Hall–Kier alpha value is -0.950. The van der Waals surface area contributed by atoms with Crippen LogP contribution in [0.15, 0.2) is 29.2 Å². The van der Waals surface area contributed by atoms with Crippen molar-refractivity contribution >= 4 is 10.1 Å². The third-order valence-electron chi connectivity index (χ3n) is 3.38. The zero-order valence-corrected chi connectivity index (χ0v) is 13.6. The lowest BCUT2D eigenvalue weighted by Crippen LogP contribution is -2.28. The molecule has 1 heterocycles. The van der Waals surface area contributed by atoms with Crippen LogP contribution in [0, 0.1) is 6.92 Å². The summed E-state index contributed by atoms with van der Waals surface area (Å²) in [7, 11) is -3.77. The SMILES string of the molecule is CC[C@@H]1OC(C)(C)O[C@H]1COS(=O)(=O)c1ccc(C)cc1. The summed E-state index contributed by atoms with van der Waals surface area (Å²) < 4.78 is 40.8. The summed E-state index contributed by atoms with van der Waals surface area (Å²) >= 11 is 0. The third kappa shape index (κ3) is 4.03. The Morgan fingerprint density at radius 3 is 2.29 bits per heavy atom. The van der Waals surface area contributed by atoms with Crippen LogP contribution in [0.4, 0.5) is 0 Å². The minimum absolute atomic E-state index is 0.0435. The first-order valence-corrected chi connectivity index (χ1v) is 8.46. The van der Waals surface area contributed by atoms with Crippen molar-refractivity contribution in [2.45, 2.75) is 57.0 Å². The largest absolute Gasteiger partial charge is 0.344 e. The smallest absolute Gasteiger partial charge is 0.297 e. The summed E-state index contributed by atoms with van der Waals surface area (Å²) in [5.74, 6) is -0.706. The second-order valence-electron chi connectivity index (χ2n) is 5.67. The van der Waals surface area contributed by atoms with Gasteiger partial charge in [0.2, 0.25) is 0 Å². The number of benzene rings is 1. The van der Waals surface area contributed by atoms with E-state index in [1.54, 1.807) is 12.1 Å². The molecule has 0 unspecified atom stereocenters. The second-order valence-corrected chi connectivity index (χ2v) is 7.29. The Kier molecular flexibility index (Phi) is 4.72. The van der Waals surface area contributed by atoms with E-state index in [0.29, 0.717) is 0 Å². The van der Waals surface area contributed by atoms with E-state index in [9.17, 15) is 8.42 Å². The van der Waals surface area contributed by atoms with Gasteiger partial charge in [-0.1, -0.05) is 24.6 Å². The van der Waals surface area contributed by atoms with Gasteiger partial charge in [-0.05, 0) is 39.3 Å². The molecule has 1 aromatic rings. The van der Waals surface area contributed by atoms with Gasteiger partial charge in [0.15, 0.2) is 5.79 Å². The predicted octanol–water partition coefficient (Wildman–Crippen LogP) is 2.63. The van der Waals surface area contributed by atoms with Crippen molar-refractivity contribution in [3.63, 3.8) is 0 Å². The molecule has 1 aromatic carbocycles. The lowest BCUT2D eigenvalue weighted by molar-refractivity contribution is -0.148. The molecule has 1 saturated heterocycles. The Morgan fingerprint density at radius 2 is 1.71 bits per heavy atom. The van der Waals surface area contributed by atoms with Crippen LogP contribution in [0.25, 0.3) is 0 Å². The van der Waals surface area contributed by atoms with Gasteiger partial charge in [-0.25, -0.2) is 0 Å². The van der Waals surface area contributed by atoms with Gasteiger partial charge in [0.05, 0.1) is 17.6 Å². The van der Waals surface area contributed by atoms with Crippen LogP contribution in [-0.2, 0) is 23.8 Å². The van der Waals surface area contributed by atoms with Crippen LogP contribution < -0.4 is 0 Å². The standard InChI is InChI=1S/C15H22O5S/c1-5-13-14(20-15(3,4)19-13)10-18-21(16,17)12-8-6-11(2)7-9-12/h6-9,13-14H,5,10H2,1-4H3/t13-,14-/m0/s1. The normalized spacial score (nSPS) is 25.1. The highest BCUT2D eigenvalue weighted by Gasteiger charge is 2.41. The summed E-state index contributed by atoms with van der Waals surface area (Å²) in [4.78, 5) is 0.152. The maximum atomic E-state index is 12.1. The molecule has 5 nitrogen and oxygen atoms in total. The zero-order chi connectivity index (χ0) is 15.7. The van der Waals surface area contributed by atoms with Crippen molar-refractivity contribution in [3.05, 3.63) is 29.8 Å². The molecule has 2 atom stereocenters. The summed E-state index contributed by atoms with van der Waals surface area (Å²) in [6.07, 6.45) is 0.195. The molecule has 1 fully saturated rings. The highest BCUT2D eigenvalue weighted by molar-refractivity contribution is 7.86. The fraction of sp³-hybridized carbons (Fsp3) is 0.600. The topological polar surface area (TPSA) is 61.8 Å². The molecule has 0 saturated carbocycles. The van der Waals surface area contributed by atoms with Gasteiger partial charge < -0.3 is 9.47 Å². The first-order valence-electron chi connectivity index (χ1n) is 7.05. The summed E-state index contributed by atoms with van der Waals surface area (Å²) in [6.45, 7) is 7.44. The monoisotopic (exact) mass is 314 g/mol. The van der Waals surface area contributed by atoms with Crippen molar-refractivity contribution in [2.75, 3.05) is 6.61 Å². The van der Waals surface area contributed by atoms with Crippen LogP contribution in [0.5, 0.6) is 0 Å². The average Bonchev–Trinajstić information content (AvgIpc) is 2.72. The van der Waals surface area contributed by atoms with Crippen molar-refractivity contribution < 1.29 is 22.1 Å². The molecule has 118 valence electrons. The highest BCUT2D eigenvalue weighted by Crippen LogP contribution is 2.30. The quantitative estimate of drug-likeness (QED) is 0.782. The molecule has 1 aliphatic rings. The summed E-state index contributed by atoms with van der Waals surface area (Å²) in [5.41, 5.74) is 0.995. The number of hydrogen-bond acceptors (Lipinski definition) is 5.